The normalized spacial score (nSPS) is 35.6. The molecule has 3 rings (SSSR count). The van der Waals surface area contributed by atoms with Crippen molar-refractivity contribution in [3.63, 3.8) is 0 Å². The molecule has 1 saturated heterocycles. The first-order valence-corrected chi connectivity index (χ1v) is 8.23. The summed E-state index contributed by atoms with van der Waals surface area (Å²) in [6.07, 6.45) is 7.79. The van der Waals surface area contributed by atoms with E-state index in [1.165, 1.54) is 25.7 Å². The third kappa shape index (κ3) is 2.99. The number of carbonyl (C=O) groups excluding carboxylic acids is 2. The van der Waals surface area contributed by atoms with Crippen molar-refractivity contribution in [2.75, 3.05) is 13.1 Å². The predicted molar refractivity (Wildman–Crippen MR) is 77.0 cm³/mol. The highest BCUT2D eigenvalue weighted by atomic mass is 16.2. The quantitative estimate of drug-likeness (QED) is 0.857. The highest BCUT2D eigenvalue weighted by molar-refractivity contribution is 5.90. The molecule has 0 bridgehead atoms. The average Bonchev–Trinajstić information content (AvgIpc) is 3.26. The monoisotopic (exact) mass is 278 g/mol. The second-order valence-corrected chi connectivity index (χ2v) is 6.94. The van der Waals surface area contributed by atoms with Crippen molar-refractivity contribution < 1.29 is 9.59 Å². The lowest BCUT2D eigenvalue weighted by Crippen LogP contribution is -2.47. The third-order valence-corrected chi connectivity index (χ3v) is 5.34. The summed E-state index contributed by atoms with van der Waals surface area (Å²) in [5, 5.41) is 2.94. The second-order valence-electron chi connectivity index (χ2n) is 6.94. The van der Waals surface area contributed by atoms with Gasteiger partial charge in [0.1, 0.15) is 6.04 Å². The van der Waals surface area contributed by atoms with Crippen LogP contribution < -0.4 is 5.32 Å². The Kier molecular flexibility index (Phi) is 3.99. The Morgan fingerprint density at radius 3 is 2.60 bits per heavy atom. The van der Waals surface area contributed by atoms with Crippen molar-refractivity contribution in [3.8, 4) is 0 Å². The third-order valence-electron chi connectivity index (χ3n) is 5.34. The number of amides is 2. The highest BCUT2D eigenvalue weighted by Crippen LogP contribution is 2.35. The zero-order chi connectivity index (χ0) is 14.1. The minimum atomic E-state index is -0.233. The molecule has 3 atom stereocenters. The molecule has 1 heterocycles. The van der Waals surface area contributed by atoms with Gasteiger partial charge in [-0.05, 0) is 37.0 Å². The summed E-state index contributed by atoms with van der Waals surface area (Å²) < 4.78 is 0. The van der Waals surface area contributed by atoms with E-state index in [0.29, 0.717) is 30.7 Å². The maximum absolute atomic E-state index is 12.7. The first-order chi connectivity index (χ1) is 9.65. The Morgan fingerprint density at radius 2 is 1.90 bits per heavy atom. The van der Waals surface area contributed by atoms with Gasteiger partial charge in [-0.3, -0.25) is 9.59 Å². The number of nitrogens with zero attached hydrogens (tertiary/aromatic N) is 1. The van der Waals surface area contributed by atoms with Gasteiger partial charge in [-0.15, -0.1) is 0 Å². The van der Waals surface area contributed by atoms with Crippen LogP contribution >= 0.6 is 0 Å². The van der Waals surface area contributed by atoms with Crippen molar-refractivity contribution >= 4 is 11.8 Å². The van der Waals surface area contributed by atoms with Crippen LogP contribution in [-0.2, 0) is 9.59 Å². The van der Waals surface area contributed by atoms with Gasteiger partial charge in [0, 0.05) is 19.5 Å². The number of carbonyl (C=O) groups is 2. The van der Waals surface area contributed by atoms with E-state index in [9.17, 15) is 9.59 Å². The smallest absolute Gasteiger partial charge is 0.245 e. The van der Waals surface area contributed by atoms with E-state index in [1.807, 2.05) is 4.90 Å². The first kappa shape index (κ1) is 13.9. The van der Waals surface area contributed by atoms with Crippen LogP contribution in [0.2, 0.25) is 0 Å². The Balaban J connectivity index is 1.67. The Morgan fingerprint density at radius 1 is 1.15 bits per heavy atom. The molecule has 2 aliphatic carbocycles. The van der Waals surface area contributed by atoms with Crippen molar-refractivity contribution in [2.24, 2.45) is 17.8 Å². The minimum absolute atomic E-state index is 0.0504. The Labute approximate surface area is 121 Å². The molecule has 0 aromatic carbocycles. The highest BCUT2D eigenvalue weighted by Gasteiger charge is 2.41. The molecule has 0 aromatic rings. The molecule has 3 fully saturated rings. The van der Waals surface area contributed by atoms with Crippen LogP contribution in [0.4, 0.5) is 0 Å². The average molecular weight is 278 g/mol. The molecular weight excluding hydrogens is 252 g/mol. The van der Waals surface area contributed by atoms with Gasteiger partial charge in [0.2, 0.25) is 11.8 Å². The van der Waals surface area contributed by atoms with E-state index in [0.717, 1.165) is 19.4 Å². The molecule has 1 N–H and O–H groups in total. The summed E-state index contributed by atoms with van der Waals surface area (Å²) in [4.78, 5) is 26.4. The van der Waals surface area contributed by atoms with Gasteiger partial charge in [-0.2, -0.15) is 0 Å². The number of hydrogen-bond acceptors (Lipinski definition) is 2. The Bertz CT molecular complexity index is 392. The fourth-order valence-electron chi connectivity index (χ4n) is 3.73. The molecule has 0 aromatic heterocycles. The predicted octanol–water partition coefficient (Wildman–Crippen LogP) is 1.94. The van der Waals surface area contributed by atoms with Crippen LogP contribution in [-0.4, -0.2) is 35.8 Å². The fraction of sp³-hybridized carbons (Fsp3) is 0.875. The van der Waals surface area contributed by atoms with Crippen LogP contribution in [0, 0.1) is 17.8 Å². The lowest BCUT2D eigenvalue weighted by atomic mass is 9.80. The summed E-state index contributed by atoms with van der Waals surface area (Å²) in [7, 11) is 0. The molecule has 4 heteroatoms. The molecule has 0 radical (unpaired) electrons. The number of rotatable bonds is 3. The van der Waals surface area contributed by atoms with E-state index in [4.69, 9.17) is 0 Å². The molecular formula is C16H26N2O2. The van der Waals surface area contributed by atoms with Crippen molar-refractivity contribution in [3.05, 3.63) is 0 Å². The lowest BCUT2D eigenvalue weighted by Gasteiger charge is -2.34. The fourth-order valence-corrected chi connectivity index (χ4v) is 3.73. The van der Waals surface area contributed by atoms with Gasteiger partial charge in [-0.1, -0.05) is 26.2 Å². The van der Waals surface area contributed by atoms with E-state index in [1.54, 1.807) is 0 Å². The van der Waals surface area contributed by atoms with Crippen molar-refractivity contribution in [1.29, 1.82) is 0 Å². The summed E-state index contributed by atoms with van der Waals surface area (Å²) >= 11 is 0. The zero-order valence-corrected chi connectivity index (χ0v) is 12.4. The summed E-state index contributed by atoms with van der Waals surface area (Å²) in [5.41, 5.74) is 0. The molecule has 3 aliphatic rings. The summed E-state index contributed by atoms with van der Waals surface area (Å²) in [6.45, 7) is 3.78. The van der Waals surface area contributed by atoms with E-state index in [-0.39, 0.29) is 17.9 Å². The molecule has 112 valence electrons. The minimum Gasteiger partial charge on any atom is -0.344 e. The van der Waals surface area contributed by atoms with Gasteiger partial charge in [0.25, 0.3) is 0 Å². The van der Waals surface area contributed by atoms with Gasteiger partial charge < -0.3 is 10.2 Å². The van der Waals surface area contributed by atoms with Crippen LogP contribution in [0.25, 0.3) is 0 Å². The van der Waals surface area contributed by atoms with Crippen LogP contribution in [0.5, 0.6) is 0 Å². The number of nitrogens with one attached hydrogen (secondary N) is 1. The topological polar surface area (TPSA) is 49.4 Å². The molecule has 0 spiro atoms. The van der Waals surface area contributed by atoms with E-state index in [2.05, 4.69) is 12.2 Å². The first-order valence-electron chi connectivity index (χ1n) is 8.23. The van der Waals surface area contributed by atoms with Crippen molar-refractivity contribution in [2.45, 2.75) is 57.9 Å². The molecule has 3 unspecified atom stereocenters. The van der Waals surface area contributed by atoms with Crippen LogP contribution in [0.1, 0.15) is 51.9 Å². The van der Waals surface area contributed by atoms with Crippen LogP contribution in [0.3, 0.4) is 0 Å². The molecule has 1 aliphatic heterocycles. The lowest BCUT2D eigenvalue weighted by molar-refractivity contribution is -0.135. The van der Waals surface area contributed by atoms with Gasteiger partial charge in [0.05, 0.1) is 0 Å². The molecule has 20 heavy (non-hydrogen) atoms. The standard InChI is InChI=1S/C16H26N2O2/c1-11-4-2-3-5-13(11)10-18-9-8-14(19)17-15(16(18)20)12-6-7-12/h11-13,15H,2-10H2,1H3,(H,17,19). The van der Waals surface area contributed by atoms with Crippen LogP contribution in [0.15, 0.2) is 0 Å². The maximum atomic E-state index is 12.7. The second kappa shape index (κ2) is 5.74. The largest absolute Gasteiger partial charge is 0.344 e. The maximum Gasteiger partial charge on any atom is 0.245 e. The molecule has 2 amide bonds. The van der Waals surface area contributed by atoms with Gasteiger partial charge >= 0.3 is 0 Å². The van der Waals surface area contributed by atoms with Gasteiger partial charge in [0.15, 0.2) is 0 Å². The zero-order valence-electron chi connectivity index (χ0n) is 12.4. The summed E-state index contributed by atoms with van der Waals surface area (Å²) in [6, 6.07) is -0.233. The molecule has 4 nitrogen and oxygen atoms in total. The van der Waals surface area contributed by atoms with E-state index < -0.39 is 0 Å². The van der Waals surface area contributed by atoms with Gasteiger partial charge in [-0.25, -0.2) is 0 Å². The SMILES string of the molecule is CC1CCCCC1CN1CCC(=O)NC(C2CC2)C1=O. The number of hydrogen-bond donors (Lipinski definition) is 1. The van der Waals surface area contributed by atoms with Crippen molar-refractivity contribution in [1.82, 2.24) is 10.2 Å². The Hall–Kier alpha value is -1.06. The summed E-state index contributed by atoms with van der Waals surface area (Å²) in [5.74, 6) is 1.96. The molecule has 2 saturated carbocycles. The van der Waals surface area contributed by atoms with E-state index >= 15 is 0 Å².